The predicted molar refractivity (Wildman–Crippen MR) is 80.5 cm³/mol. The van der Waals surface area contributed by atoms with Crippen molar-refractivity contribution in [3.63, 3.8) is 0 Å². The highest BCUT2D eigenvalue weighted by atomic mass is 79.9. The van der Waals surface area contributed by atoms with Crippen LogP contribution in [0.25, 0.3) is 0 Å². The smallest absolute Gasteiger partial charge is 0.239 e. The first-order chi connectivity index (χ1) is 9.08. The lowest BCUT2D eigenvalue weighted by Crippen LogP contribution is -2.48. The van der Waals surface area contributed by atoms with Gasteiger partial charge in [0.25, 0.3) is 0 Å². The number of amides is 1. The van der Waals surface area contributed by atoms with Gasteiger partial charge in [-0.25, -0.2) is 0 Å². The summed E-state index contributed by atoms with van der Waals surface area (Å²) in [5.74, 6) is 0.163. The van der Waals surface area contributed by atoms with E-state index in [1.54, 1.807) is 11.3 Å². The van der Waals surface area contributed by atoms with Crippen LogP contribution in [0.5, 0.6) is 0 Å². The van der Waals surface area contributed by atoms with Gasteiger partial charge in [-0.3, -0.25) is 4.79 Å². The van der Waals surface area contributed by atoms with Gasteiger partial charge >= 0.3 is 0 Å². The molecule has 0 spiro atoms. The highest BCUT2D eigenvalue weighted by Crippen LogP contribution is 2.27. The third-order valence-corrected chi connectivity index (χ3v) is 5.32. The van der Waals surface area contributed by atoms with E-state index in [1.807, 2.05) is 11.8 Å². The summed E-state index contributed by atoms with van der Waals surface area (Å²) < 4.78 is 6.42. The molecule has 1 saturated heterocycles. The van der Waals surface area contributed by atoms with Crippen molar-refractivity contribution in [1.29, 1.82) is 0 Å². The molecule has 0 saturated carbocycles. The average molecular weight is 347 g/mol. The lowest BCUT2D eigenvalue weighted by atomic mass is 10.2. The van der Waals surface area contributed by atoms with Crippen LogP contribution in [0.2, 0.25) is 0 Å². The summed E-state index contributed by atoms with van der Waals surface area (Å²) in [5.41, 5.74) is 1.24. The van der Waals surface area contributed by atoms with Crippen molar-refractivity contribution in [3.8, 4) is 0 Å². The Morgan fingerprint density at radius 1 is 1.58 bits per heavy atom. The number of halogens is 1. The average Bonchev–Trinajstić information content (AvgIpc) is 2.75. The van der Waals surface area contributed by atoms with Gasteiger partial charge in [0.2, 0.25) is 5.91 Å². The molecule has 0 bridgehead atoms. The lowest BCUT2D eigenvalue weighted by molar-refractivity contribution is -0.137. The second kappa shape index (κ2) is 6.83. The number of hydrogen-bond donors (Lipinski definition) is 1. The number of nitrogens with one attached hydrogen (secondary N) is 1. The van der Waals surface area contributed by atoms with Crippen LogP contribution in [0.4, 0.5) is 0 Å². The van der Waals surface area contributed by atoms with Gasteiger partial charge in [-0.2, -0.15) is 0 Å². The summed E-state index contributed by atoms with van der Waals surface area (Å²) >= 11 is 5.23. The summed E-state index contributed by atoms with van der Waals surface area (Å²) in [7, 11) is 0. The standard InChI is InChI=1S/C13H19BrN2O2S/c1-9-7-11(19-12(9)14)8-15-10(2)13(17)16-3-5-18-6-4-16/h7,10,15H,3-6,8H2,1-2H3. The zero-order valence-corrected chi connectivity index (χ0v) is 13.6. The topological polar surface area (TPSA) is 41.6 Å². The van der Waals surface area contributed by atoms with Crippen molar-refractivity contribution in [2.75, 3.05) is 26.3 Å². The molecule has 1 atom stereocenters. The first kappa shape index (κ1) is 15.0. The Balaban J connectivity index is 1.83. The Bertz CT molecular complexity index is 424. The van der Waals surface area contributed by atoms with Crippen LogP contribution >= 0.6 is 27.3 Å². The molecule has 19 heavy (non-hydrogen) atoms. The van der Waals surface area contributed by atoms with Crippen LogP contribution in [-0.4, -0.2) is 43.2 Å². The molecule has 2 heterocycles. The Labute approximate surface area is 126 Å². The van der Waals surface area contributed by atoms with Crippen molar-refractivity contribution in [2.24, 2.45) is 0 Å². The highest BCUT2D eigenvalue weighted by Gasteiger charge is 2.22. The van der Waals surface area contributed by atoms with E-state index in [1.165, 1.54) is 10.4 Å². The lowest BCUT2D eigenvalue weighted by Gasteiger charge is -2.29. The maximum atomic E-state index is 12.2. The van der Waals surface area contributed by atoms with Crippen LogP contribution in [0.1, 0.15) is 17.4 Å². The minimum absolute atomic E-state index is 0.153. The zero-order valence-electron chi connectivity index (χ0n) is 11.2. The molecule has 6 heteroatoms. The molecule has 1 unspecified atom stereocenters. The summed E-state index contributed by atoms with van der Waals surface area (Å²) in [4.78, 5) is 15.3. The summed E-state index contributed by atoms with van der Waals surface area (Å²) in [6.45, 7) is 7.43. The number of morpholine rings is 1. The minimum Gasteiger partial charge on any atom is -0.378 e. The van der Waals surface area contributed by atoms with E-state index in [4.69, 9.17) is 4.74 Å². The third kappa shape index (κ3) is 4.02. The van der Waals surface area contributed by atoms with Gasteiger partial charge < -0.3 is 15.0 Å². The van der Waals surface area contributed by atoms with Crippen molar-refractivity contribution >= 4 is 33.2 Å². The predicted octanol–water partition coefficient (Wildman–Crippen LogP) is 2.16. The molecule has 1 aromatic heterocycles. The van der Waals surface area contributed by atoms with Gasteiger partial charge in [0.15, 0.2) is 0 Å². The van der Waals surface area contributed by atoms with E-state index in [0.717, 1.165) is 10.3 Å². The molecule has 0 aromatic carbocycles. The van der Waals surface area contributed by atoms with Crippen LogP contribution in [-0.2, 0) is 16.1 Å². The van der Waals surface area contributed by atoms with Crippen molar-refractivity contribution in [2.45, 2.75) is 26.4 Å². The van der Waals surface area contributed by atoms with E-state index < -0.39 is 0 Å². The maximum absolute atomic E-state index is 12.2. The number of carbonyl (C=O) groups excluding carboxylic acids is 1. The Hall–Kier alpha value is -0.430. The summed E-state index contributed by atoms with van der Waals surface area (Å²) in [6, 6.07) is 1.99. The molecular weight excluding hydrogens is 328 g/mol. The largest absolute Gasteiger partial charge is 0.378 e. The molecule has 1 fully saturated rings. The molecule has 1 aliphatic rings. The number of ether oxygens (including phenoxy) is 1. The molecule has 1 amide bonds. The van der Waals surface area contributed by atoms with Crippen molar-refractivity contribution < 1.29 is 9.53 Å². The van der Waals surface area contributed by atoms with Gasteiger partial charge in [0.1, 0.15) is 0 Å². The van der Waals surface area contributed by atoms with Crippen LogP contribution in [0.15, 0.2) is 9.85 Å². The summed E-state index contributed by atoms with van der Waals surface area (Å²) in [5, 5.41) is 3.29. The summed E-state index contributed by atoms with van der Waals surface area (Å²) in [6.07, 6.45) is 0. The van der Waals surface area contributed by atoms with E-state index >= 15 is 0 Å². The number of hydrogen-bond acceptors (Lipinski definition) is 4. The number of nitrogens with zero attached hydrogens (tertiary/aromatic N) is 1. The van der Waals surface area contributed by atoms with Crippen molar-refractivity contribution in [3.05, 3.63) is 20.3 Å². The fourth-order valence-corrected chi connectivity index (χ4v) is 3.59. The molecule has 1 N–H and O–H groups in total. The highest BCUT2D eigenvalue weighted by molar-refractivity contribution is 9.11. The van der Waals surface area contributed by atoms with Gasteiger partial charge in [0.05, 0.1) is 23.0 Å². The van der Waals surface area contributed by atoms with E-state index in [9.17, 15) is 4.79 Å². The number of thiophene rings is 1. The normalized spacial score (nSPS) is 17.5. The van der Waals surface area contributed by atoms with Gasteiger partial charge in [-0.05, 0) is 41.4 Å². The molecule has 2 rings (SSSR count). The second-order valence-electron chi connectivity index (χ2n) is 4.71. The fourth-order valence-electron chi connectivity index (χ4n) is 2.01. The second-order valence-corrected chi connectivity index (χ2v) is 7.16. The molecule has 4 nitrogen and oxygen atoms in total. The monoisotopic (exact) mass is 346 g/mol. The molecule has 1 aromatic rings. The number of aryl methyl sites for hydroxylation is 1. The number of carbonyl (C=O) groups is 1. The van der Waals surface area contributed by atoms with E-state index in [-0.39, 0.29) is 11.9 Å². The Kier molecular flexibility index (Phi) is 5.38. The molecular formula is C13H19BrN2O2S. The first-order valence-electron chi connectivity index (χ1n) is 6.42. The fraction of sp³-hybridized carbons (Fsp3) is 0.615. The SMILES string of the molecule is Cc1cc(CNC(C)C(=O)N2CCOCC2)sc1Br. The maximum Gasteiger partial charge on any atom is 0.239 e. The Morgan fingerprint density at radius 2 is 2.26 bits per heavy atom. The number of rotatable bonds is 4. The van der Waals surface area contributed by atoms with Gasteiger partial charge in [-0.15, -0.1) is 11.3 Å². The Morgan fingerprint density at radius 3 is 2.84 bits per heavy atom. The zero-order chi connectivity index (χ0) is 13.8. The third-order valence-electron chi connectivity index (χ3n) is 3.18. The van der Waals surface area contributed by atoms with E-state index in [0.29, 0.717) is 26.3 Å². The molecule has 0 radical (unpaired) electrons. The first-order valence-corrected chi connectivity index (χ1v) is 8.03. The molecule has 1 aliphatic heterocycles. The van der Waals surface area contributed by atoms with Gasteiger partial charge in [-0.1, -0.05) is 0 Å². The van der Waals surface area contributed by atoms with Crippen LogP contribution < -0.4 is 5.32 Å². The quantitative estimate of drug-likeness (QED) is 0.908. The van der Waals surface area contributed by atoms with E-state index in [2.05, 4.69) is 34.2 Å². The van der Waals surface area contributed by atoms with Crippen molar-refractivity contribution in [1.82, 2.24) is 10.2 Å². The van der Waals surface area contributed by atoms with Crippen LogP contribution in [0.3, 0.4) is 0 Å². The minimum atomic E-state index is -0.153. The van der Waals surface area contributed by atoms with Gasteiger partial charge in [0, 0.05) is 24.5 Å². The molecule has 106 valence electrons. The van der Waals surface area contributed by atoms with Crippen LogP contribution in [0, 0.1) is 6.92 Å². The molecule has 0 aliphatic carbocycles.